The minimum Gasteiger partial charge on any atom is -0.406 e. The number of para-hydroxylation sites is 1. The van der Waals surface area contributed by atoms with Gasteiger partial charge in [-0.25, -0.2) is 9.67 Å². The highest BCUT2D eigenvalue weighted by Crippen LogP contribution is 2.58. The van der Waals surface area contributed by atoms with E-state index in [1.807, 2.05) is 0 Å². The minimum atomic E-state index is -5.76. The predicted molar refractivity (Wildman–Crippen MR) is 83.8 cm³/mol. The van der Waals surface area contributed by atoms with Gasteiger partial charge in [0.25, 0.3) is 11.6 Å². The largest absolute Gasteiger partial charge is 0.427 e. The summed E-state index contributed by atoms with van der Waals surface area (Å²) in [7, 11) is 2.47. The van der Waals surface area contributed by atoms with Crippen LogP contribution in [0.25, 0.3) is 5.69 Å². The van der Waals surface area contributed by atoms with Gasteiger partial charge in [-0.2, -0.15) is 31.4 Å². The summed E-state index contributed by atoms with van der Waals surface area (Å²) in [6.45, 7) is 1.06. The molecule has 11 heteroatoms. The van der Waals surface area contributed by atoms with E-state index < -0.39 is 41.1 Å². The van der Waals surface area contributed by atoms with Crippen molar-refractivity contribution in [3.05, 3.63) is 41.6 Å². The summed E-state index contributed by atoms with van der Waals surface area (Å²) in [6, 6.07) is 6.94. The maximum absolute atomic E-state index is 13.9. The number of halogens is 6. The number of benzene rings is 1. The maximum atomic E-state index is 13.9. The lowest BCUT2D eigenvalue weighted by Gasteiger charge is -2.37. The zero-order chi connectivity index (χ0) is 20.2. The van der Waals surface area contributed by atoms with Gasteiger partial charge in [0, 0.05) is 14.1 Å². The van der Waals surface area contributed by atoms with Crippen LogP contribution in [0.1, 0.15) is 11.3 Å². The molecule has 0 spiro atoms. The van der Waals surface area contributed by atoms with Gasteiger partial charge < -0.3 is 9.64 Å². The van der Waals surface area contributed by atoms with Gasteiger partial charge in [0.15, 0.2) is 0 Å². The number of aromatic nitrogens is 2. The third-order valence-corrected chi connectivity index (χ3v) is 4.03. The average Bonchev–Trinajstić information content (AvgIpc) is 2.90. The monoisotopic (exact) mass is 392 g/mol. The van der Waals surface area contributed by atoms with Gasteiger partial charge in [-0.3, -0.25) is 0 Å². The van der Waals surface area contributed by atoms with Crippen molar-refractivity contribution in [1.29, 1.82) is 0 Å². The lowest BCUT2D eigenvalue weighted by Crippen LogP contribution is -2.56. The Morgan fingerprint density at radius 1 is 1.00 bits per heavy atom. The van der Waals surface area contributed by atoms with Crippen LogP contribution >= 0.6 is 0 Å². The highest BCUT2D eigenvalue weighted by Gasteiger charge is 2.76. The zero-order valence-electron chi connectivity index (χ0n) is 14.4. The Balaban J connectivity index is 2.41. The first-order chi connectivity index (χ1) is 12.4. The van der Waals surface area contributed by atoms with E-state index in [0.29, 0.717) is 0 Å². The molecule has 0 amide bonds. The first-order valence-electron chi connectivity index (χ1n) is 7.64. The summed E-state index contributed by atoms with van der Waals surface area (Å²) in [5.41, 5.74) is -5.88. The first kappa shape index (κ1) is 19.1. The Morgan fingerprint density at radius 2 is 1.56 bits per heavy atom. The number of alkyl halides is 6. The molecule has 0 saturated carbocycles. The van der Waals surface area contributed by atoms with Crippen LogP contribution in [0.5, 0.6) is 5.88 Å². The summed E-state index contributed by atoms with van der Waals surface area (Å²) in [4.78, 5) is 3.92. The van der Waals surface area contributed by atoms with E-state index in [1.54, 1.807) is 18.2 Å². The van der Waals surface area contributed by atoms with Gasteiger partial charge in [0.05, 0.1) is 16.9 Å². The maximum Gasteiger partial charge on any atom is 0.427 e. The Bertz CT molecular complexity index is 869. The Morgan fingerprint density at radius 3 is 2.04 bits per heavy atom. The lowest BCUT2D eigenvalue weighted by atomic mass is 9.88. The number of ether oxygens (including phenoxy) is 1. The lowest BCUT2D eigenvalue weighted by molar-refractivity contribution is -0.302. The second-order valence-electron chi connectivity index (χ2n) is 6.11. The van der Waals surface area contributed by atoms with E-state index in [1.165, 1.54) is 26.2 Å². The molecule has 27 heavy (non-hydrogen) atoms. The molecule has 0 radical (unpaired) electrons. The smallest absolute Gasteiger partial charge is 0.406 e. The van der Waals surface area contributed by atoms with Crippen molar-refractivity contribution < 1.29 is 31.1 Å². The summed E-state index contributed by atoms with van der Waals surface area (Å²) < 4.78 is 89.4. The van der Waals surface area contributed by atoms with Crippen LogP contribution in [0.3, 0.4) is 0 Å². The normalized spacial score (nSPS) is 16.4. The van der Waals surface area contributed by atoms with Crippen molar-refractivity contribution in [2.45, 2.75) is 24.8 Å². The highest BCUT2D eigenvalue weighted by molar-refractivity contribution is 5.79. The number of rotatable bonds is 1. The van der Waals surface area contributed by atoms with E-state index >= 15 is 0 Å². The highest BCUT2D eigenvalue weighted by atomic mass is 19.4. The molecule has 0 bridgehead atoms. The number of fused-ring (bicyclic) bond motifs is 1. The molecule has 2 aromatic rings. The molecule has 0 saturated heterocycles. The number of hydrogen-bond acceptors (Lipinski definition) is 4. The van der Waals surface area contributed by atoms with Gasteiger partial charge in [-0.05, 0) is 19.1 Å². The molecule has 0 fully saturated rings. The molecule has 1 aliphatic rings. The van der Waals surface area contributed by atoms with Gasteiger partial charge in [0.1, 0.15) is 0 Å². The fraction of sp³-hybridized carbons (Fsp3) is 0.375. The first-order valence-corrected chi connectivity index (χ1v) is 7.64. The molecule has 1 aromatic heterocycles. The molecule has 0 unspecified atom stereocenters. The Kier molecular flexibility index (Phi) is 4.16. The fourth-order valence-electron chi connectivity index (χ4n) is 2.83. The molecule has 1 aromatic carbocycles. The number of nitrogens with zero attached hydrogens (tertiary/aromatic N) is 4. The summed E-state index contributed by atoms with van der Waals surface area (Å²) in [6.07, 6.45) is -11.5. The predicted octanol–water partition coefficient (Wildman–Crippen LogP) is 3.81. The quantitative estimate of drug-likeness (QED) is 0.694. The molecule has 0 N–H and O–H groups in total. The van der Waals surface area contributed by atoms with Crippen LogP contribution in [0.4, 0.5) is 26.3 Å². The number of aliphatic imine (C=N–C) groups is 1. The van der Waals surface area contributed by atoms with Gasteiger partial charge in [-0.15, -0.1) is 0 Å². The van der Waals surface area contributed by atoms with E-state index in [0.717, 1.165) is 16.5 Å². The van der Waals surface area contributed by atoms with Crippen LogP contribution < -0.4 is 4.74 Å². The SMILES string of the molecule is Cc1nn(-c2ccccc2)c2c1C(C(F)(F)F)(C(F)(F)F)N=C(N(C)C)O2. The van der Waals surface area contributed by atoms with Crippen molar-refractivity contribution >= 4 is 6.02 Å². The second-order valence-corrected chi connectivity index (χ2v) is 6.11. The topological polar surface area (TPSA) is 42.7 Å². The Labute approximate surface area is 149 Å². The second kappa shape index (κ2) is 5.89. The van der Waals surface area contributed by atoms with Crippen molar-refractivity contribution in [2.75, 3.05) is 14.1 Å². The third-order valence-electron chi connectivity index (χ3n) is 4.03. The molecule has 0 atom stereocenters. The van der Waals surface area contributed by atoms with Crippen LogP contribution in [0.2, 0.25) is 0 Å². The molecular formula is C16H14F6N4O. The Hall–Kier alpha value is -2.72. The number of hydrogen-bond donors (Lipinski definition) is 0. The molecule has 3 rings (SSSR count). The number of amidine groups is 1. The van der Waals surface area contributed by atoms with Gasteiger partial charge >= 0.3 is 12.4 Å². The molecule has 2 heterocycles. The van der Waals surface area contributed by atoms with Crippen molar-refractivity contribution in [3.8, 4) is 11.6 Å². The van der Waals surface area contributed by atoms with Crippen molar-refractivity contribution in [3.63, 3.8) is 0 Å². The van der Waals surface area contributed by atoms with Crippen LogP contribution in [-0.4, -0.2) is 47.2 Å². The third kappa shape index (κ3) is 2.72. The summed E-state index contributed by atoms with van der Waals surface area (Å²) in [5, 5.41) is 3.88. The zero-order valence-corrected chi connectivity index (χ0v) is 14.4. The fourth-order valence-corrected chi connectivity index (χ4v) is 2.83. The summed E-state index contributed by atoms with van der Waals surface area (Å²) >= 11 is 0. The average molecular weight is 392 g/mol. The van der Waals surface area contributed by atoms with Gasteiger partial charge in [0.2, 0.25) is 5.88 Å². The molecule has 146 valence electrons. The molecule has 5 nitrogen and oxygen atoms in total. The van der Waals surface area contributed by atoms with Crippen molar-refractivity contribution in [1.82, 2.24) is 14.7 Å². The van der Waals surface area contributed by atoms with Crippen LogP contribution in [0, 0.1) is 6.92 Å². The molecule has 1 aliphatic heterocycles. The van der Waals surface area contributed by atoms with E-state index in [9.17, 15) is 26.3 Å². The minimum absolute atomic E-state index is 0.250. The van der Waals surface area contributed by atoms with E-state index in [-0.39, 0.29) is 5.69 Å². The summed E-state index contributed by atoms with van der Waals surface area (Å²) in [5.74, 6) is -0.674. The molecule has 0 aliphatic carbocycles. The van der Waals surface area contributed by atoms with Crippen LogP contribution in [-0.2, 0) is 5.54 Å². The molecular weight excluding hydrogens is 378 g/mol. The van der Waals surface area contributed by atoms with Crippen molar-refractivity contribution in [2.24, 2.45) is 4.99 Å². The van der Waals surface area contributed by atoms with E-state index in [4.69, 9.17) is 4.74 Å². The van der Waals surface area contributed by atoms with Crippen LogP contribution in [0.15, 0.2) is 35.3 Å². The van der Waals surface area contributed by atoms with Gasteiger partial charge in [-0.1, -0.05) is 18.2 Å². The van der Waals surface area contributed by atoms with E-state index in [2.05, 4.69) is 10.1 Å². The number of aryl methyl sites for hydroxylation is 1. The standard InChI is InChI=1S/C16H14F6N4O/c1-9-11-12(26(24-9)10-7-5-4-6-8-10)27-13(25(2)3)23-14(11,15(17,18)19)16(20,21)22/h4-8H,1-3H3.